The van der Waals surface area contributed by atoms with E-state index in [0.29, 0.717) is 23.9 Å². The molecule has 1 fully saturated rings. The van der Waals surface area contributed by atoms with Crippen LogP contribution < -0.4 is 5.32 Å². The maximum absolute atomic E-state index is 12.1. The molecule has 0 amide bonds. The fraction of sp³-hybridized carbons (Fsp3) is 0.769. The molecule has 2 rings (SSSR count). The second kappa shape index (κ2) is 6.05. The molecule has 108 valence electrons. The van der Waals surface area contributed by atoms with Gasteiger partial charge in [0.2, 0.25) is 0 Å². The summed E-state index contributed by atoms with van der Waals surface area (Å²) in [5.74, 6) is 0.882. The molecule has 1 unspecified atom stereocenters. The van der Waals surface area contributed by atoms with Crippen LogP contribution in [-0.4, -0.2) is 31.9 Å². The van der Waals surface area contributed by atoms with Crippen LogP contribution in [0.4, 0.5) is 0 Å². The number of hydrogen-bond acceptors (Lipinski definition) is 5. The van der Waals surface area contributed by atoms with Crippen LogP contribution in [-0.2, 0) is 15.6 Å². The Bertz CT molecular complexity index is 496. The molecule has 1 aromatic rings. The SMILES string of the molecule is Cc1noc(C)c1CS(=O)(=O)CCC1CCCCN1. The first-order valence-corrected chi connectivity index (χ1v) is 8.65. The lowest BCUT2D eigenvalue weighted by Gasteiger charge is -2.23. The second-order valence-electron chi connectivity index (χ2n) is 5.33. The topological polar surface area (TPSA) is 72.2 Å². The zero-order valence-corrected chi connectivity index (χ0v) is 12.4. The zero-order chi connectivity index (χ0) is 13.9. The van der Waals surface area contributed by atoms with E-state index >= 15 is 0 Å². The summed E-state index contributed by atoms with van der Waals surface area (Å²) in [6, 6.07) is 0.355. The van der Waals surface area contributed by atoms with Crippen molar-refractivity contribution in [1.82, 2.24) is 10.5 Å². The Hall–Kier alpha value is -0.880. The van der Waals surface area contributed by atoms with E-state index in [1.807, 2.05) is 0 Å². The van der Waals surface area contributed by atoms with Crippen molar-refractivity contribution in [2.75, 3.05) is 12.3 Å². The number of hydrogen-bond donors (Lipinski definition) is 1. The predicted octanol–water partition coefficient (Wildman–Crippen LogP) is 1.74. The minimum atomic E-state index is -3.09. The standard InChI is InChI=1S/C13H22N2O3S/c1-10-13(11(2)18-15-10)9-19(16,17)8-6-12-5-3-4-7-14-12/h12,14H,3-9H2,1-2H3. The van der Waals surface area contributed by atoms with E-state index in [1.54, 1.807) is 13.8 Å². The summed E-state index contributed by atoms with van der Waals surface area (Å²) in [6.07, 6.45) is 4.18. The molecular formula is C13H22N2O3S. The third kappa shape index (κ3) is 4.04. The highest BCUT2D eigenvalue weighted by molar-refractivity contribution is 7.90. The monoisotopic (exact) mass is 286 g/mol. The van der Waals surface area contributed by atoms with E-state index in [1.165, 1.54) is 12.8 Å². The highest BCUT2D eigenvalue weighted by Crippen LogP contribution is 2.18. The number of aromatic nitrogens is 1. The lowest BCUT2D eigenvalue weighted by molar-refractivity contribution is 0.391. The minimum absolute atomic E-state index is 0.0425. The van der Waals surface area contributed by atoms with E-state index in [2.05, 4.69) is 10.5 Å². The molecule has 1 aromatic heterocycles. The van der Waals surface area contributed by atoms with Crippen molar-refractivity contribution in [2.45, 2.75) is 51.3 Å². The van der Waals surface area contributed by atoms with Crippen molar-refractivity contribution in [3.8, 4) is 0 Å². The Balaban J connectivity index is 1.91. The summed E-state index contributed by atoms with van der Waals surface area (Å²) in [7, 11) is -3.09. The van der Waals surface area contributed by atoms with Crippen molar-refractivity contribution < 1.29 is 12.9 Å². The number of sulfone groups is 1. The van der Waals surface area contributed by atoms with Crippen LogP contribution in [0.15, 0.2) is 4.52 Å². The number of aryl methyl sites for hydroxylation is 2. The summed E-state index contributed by atoms with van der Waals surface area (Å²) >= 11 is 0. The van der Waals surface area contributed by atoms with Crippen molar-refractivity contribution in [1.29, 1.82) is 0 Å². The smallest absolute Gasteiger partial charge is 0.154 e. The quantitative estimate of drug-likeness (QED) is 0.892. The van der Waals surface area contributed by atoms with Crippen LogP contribution in [0, 0.1) is 13.8 Å². The van der Waals surface area contributed by atoms with Gasteiger partial charge in [-0.2, -0.15) is 0 Å². The summed E-state index contributed by atoms with van der Waals surface area (Å²) in [5.41, 5.74) is 1.40. The van der Waals surface area contributed by atoms with Crippen LogP contribution in [0.3, 0.4) is 0 Å². The van der Waals surface area contributed by atoms with Crippen LogP contribution in [0.25, 0.3) is 0 Å². The van der Waals surface area contributed by atoms with Gasteiger partial charge in [-0.25, -0.2) is 8.42 Å². The zero-order valence-electron chi connectivity index (χ0n) is 11.6. The molecule has 1 aliphatic rings. The average molecular weight is 286 g/mol. The van der Waals surface area contributed by atoms with Gasteiger partial charge in [0.15, 0.2) is 9.84 Å². The Morgan fingerprint density at radius 2 is 2.16 bits per heavy atom. The molecule has 1 N–H and O–H groups in total. The molecular weight excluding hydrogens is 264 g/mol. The van der Waals surface area contributed by atoms with Crippen molar-refractivity contribution >= 4 is 9.84 Å². The number of nitrogens with zero attached hydrogens (tertiary/aromatic N) is 1. The Morgan fingerprint density at radius 3 is 2.74 bits per heavy atom. The summed E-state index contributed by atoms with van der Waals surface area (Å²) in [4.78, 5) is 0. The van der Waals surface area contributed by atoms with E-state index in [4.69, 9.17) is 4.52 Å². The van der Waals surface area contributed by atoms with Crippen LogP contribution in [0.2, 0.25) is 0 Å². The van der Waals surface area contributed by atoms with E-state index in [0.717, 1.165) is 18.5 Å². The third-order valence-corrected chi connectivity index (χ3v) is 5.32. The van der Waals surface area contributed by atoms with Gasteiger partial charge in [0.25, 0.3) is 0 Å². The van der Waals surface area contributed by atoms with Crippen molar-refractivity contribution in [3.63, 3.8) is 0 Å². The van der Waals surface area contributed by atoms with E-state index in [-0.39, 0.29) is 11.5 Å². The Labute approximate surface area is 114 Å². The van der Waals surface area contributed by atoms with Gasteiger partial charge in [0.05, 0.1) is 17.2 Å². The molecule has 1 saturated heterocycles. The normalized spacial score (nSPS) is 20.6. The molecule has 0 aliphatic carbocycles. The van der Waals surface area contributed by atoms with Gasteiger partial charge < -0.3 is 9.84 Å². The Morgan fingerprint density at radius 1 is 1.37 bits per heavy atom. The summed E-state index contributed by atoms with van der Waals surface area (Å²) < 4.78 is 29.3. The minimum Gasteiger partial charge on any atom is -0.361 e. The maximum Gasteiger partial charge on any atom is 0.154 e. The molecule has 19 heavy (non-hydrogen) atoms. The third-order valence-electron chi connectivity index (χ3n) is 3.74. The van der Waals surface area contributed by atoms with Crippen molar-refractivity contribution in [2.24, 2.45) is 0 Å². The largest absolute Gasteiger partial charge is 0.361 e. The molecule has 2 heterocycles. The Kier molecular flexibility index (Phi) is 4.62. The van der Waals surface area contributed by atoms with Crippen LogP contribution in [0.5, 0.6) is 0 Å². The molecule has 0 bridgehead atoms. The second-order valence-corrected chi connectivity index (χ2v) is 7.51. The molecule has 0 radical (unpaired) electrons. The van der Waals surface area contributed by atoms with Crippen LogP contribution >= 0.6 is 0 Å². The molecule has 0 spiro atoms. The average Bonchev–Trinajstić information content (AvgIpc) is 2.69. The lowest BCUT2D eigenvalue weighted by Crippen LogP contribution is -2.35. The first-order valence-electron chi connectivity index (χ1n) is 6.83. The molecule has 5 nitrogen and oxygen atoms in total. The summed E-state index contributed by atoms with van der Waals surface area (Å²) in [6.45, 7) is 4.55. The maximum atomic E-state index is 12.1. The lowest BCUT2D eigenvalue weighted by atomic mass is 10.0. The summed E-state index contributed by atoms with van der Waals surface area (Å²) in [5, 5.41) is 7.18. The number of piperidine rings is 1. The van der Waals surface area contributed by atoms with Crippen molar-refractivity contribution in [3.05, 3.63) is 17.0 Å². The molecule has 0 aromatic carbocycles. The fourth-order valence-electron chi connectivity index (χ4n) is 2.49. The molecule has 1 aliphatic heterocycles. The molecule has 1 atom stereocenters. The first kappa shape index (κ1) is 14.5. The van der Waals surface area contributed by atoms with Gasteiger partial charge in [-0.1, -0.05) is 11.6 Å². The van der Waals surface area contributed by atoms with E-state index in [9.17, 15) is 8.42 Å². The van der Waals surface area contributed by atoms with E-state index < -0.39 is 9.84 Å². The van der Waals surface area contributed by atoms with Gasteiger partial charge in [0, 0.05) is 11.6 Å². The first-order chi connectivity index (χ1) is 8.98. The van der Waals surface area contributed by atoms with Gasteiger partial charge >= 0.3 is 0 Å². The van der Waals surface area contributed by atoms with Gasteiger partial charge in [-0.05, 0) is 39.7 Å². The highest BCUT2D eigenvalue weighted by Gasteiger charge is 2.21. The predicted molar refractivity (Wildman–Crippen MR) is 73.7 cm³/mol. The van der Waals surface area contributed by atoms with Gasteiger partial charge in [-0.3, -0.25) is 0 Å². The molecule has 6 heteroatoms. The van der Waals surface area contributed by atoms with Gasteiger partial charge in [0.1, 0.15) is 5.76 Å². The molecule has 0 saturated carbocycles. The number of nitrogens with one attached hydrogen (secondary N) is 1. The number of rotatable bonds is 5. The highest BCUT2D eigenvalue weighted by atomic mass is 32.2. The van der Waals surface area contributed by atoms with Crippen LogP contribution in [0.1, 0.15) is 42.7 Å². The fourth-order valence-corrected chi connectivity index (χ4v) is 4.13. The van der Waals surface area contributed by atoms with Gasteiger partial charge in [-0.15, -0.1) is 0 Å².